The summed E-state index contributed by atoms with van der Waals surface area (Å²) in [6.45, 7) is 9.06. The van der Waals surface area contributed by atoms with Gasteiger partial charge >= 0.3 is 0 Å². The molecule has 0 fully saturated rings. The van der Waals surface area contributed by atoms with E-state index in [1.165, 1.54) is 5.56 Å². The van der Waals surface area contributed by atoms with E-state index >= 15 is 0 Å². The molecule has 19 heavy (non-hydrogen) atoms. The first-order valence-corrected chi connectivity index (χ1v) is 6.98. The van der Waals surface area contributed by atoms with Gasteiger partial charge in [-0.05, 0) is 56.0 Å². The molecule has 1 rings (SSSR count). The minimum absolute atomic E-state index is 0.124. The molecule has 0 amide bonds. The fraction of sp³-hybridized carbons (Fsp3) is 0.625. The van der Waals surface area contributed by atoms with Gasteiger partial charge in [0.2, 0.25) is 0 Å². The third kappa shape index (κ3) is 5.70. The van der Waals surface area contributed by atoms with E-state index in [0.717, 1.165) is 38.0 Å². The Morgan fingerprint density at radius 1 is 1.32 bits per heavy atom. The molecular formula is C16H27FN2. The van der Waals surface area contributed by atoms with Gasteiger partial charge in [0.05, 0.1) is 0 Å². The minimum Gasteiger partial charge on any atom is -0.330 e. The van der Waals surface area contributed by atoms with Gasteiger partial charge in [-0.15, -0.1) is 0 Å². The van der Waals surface area contributed by atoms with E-state index in [1.807, 2.05) is 19.1 Å². The molecule has 0 aromatic heterocycles. The van der Waals surface area contributed by atoms with E-state index in [-0.39, 0.29) is 11.2 Å². The Morgan fingerprint density at radius 2 is 2.00 bits per heavy atom. The molecule has 2 nitrogen and oxygen atoms in total. The molecule has 3 heteroatoms. The molecule has 0 aliphatic carbocycles. The van der Waals surface area contributed by atoms with E-state index in [9.17, 15) is 4.39 Å². The number of rotatable bonds is 7. The number of likely N-dealkylation sites (N-methyl/N-ethyl adjacent to an activating group) is 1. The van der Waals surface area contributed by atoms with Crippen molar-refractivity contribution >= 4 is 0 Å². The maximum atomic E-state index is 13.2. The van der Waals surface area contributed by atoms with Gasteiger partial charge in [0.1, 0.15) is 5.82 Å². The van der Waals surface area contributed by atoms with Crippen LogP contribution >= 0.6 is 0 Å². The summed E-state index contributed by atoms with van der Waals surface area (Å²) in [5.74, 6) is -0.124. The Morgan fingerprint density at radius 3 is 2.58 bits per heavy atom. The van der Waals surface area contributed by atoms with Gasteiger partial charge in [-0.3, -0.25) is 0 Å². The van der Waals surface area contributed by atoms with Gasteiger partial charge in [-0.2, -0.15) is 0 Å². The predicted octanol–water partition coefficient (Wildman–Crippen LogP) is 2.98. The van der Waals surface area contributed by atoms with Crippen LogP contribution in [0.25, 0.3) is 0 Å². The molecule has 0 heterocycles. The molecule has 1 aromatic rings. The highest BCUT2D eigenvalue weighted by atomic mass is 19.1. The van der Waals surface area contributed by atoms with Crippen molar-refractivity contribution in [2.75, 3.05) is 26.7 Å². The SMILES string of the molecule is Cc1cc(CCN(C)CC(C)(C)CCN)ccc1F. The lowest BCUT2D eigenvalue weighted by Gasteiger charge is -2.30. The number of hydrogen-bond donors (Lipinski definition) is 1. The number of hydrogen-bond acceptors (Lipinski definition) is 2. The average Bonchev–Trinajstić information content (AvgIpc) is 2.30. The normalized spacial score (nSPS) is 12.2. The molecule has 2 N–H and O–H groups in total. The molecule has 0 spiro atoms. The lowest BCUT2D eigenvalue weighted by Crippen LogP contribution is -2.34. The summed E-state index contributed by atoms with van der Waals surface area (Å²) in [6.07, 6.45) is 1.99. The number of nitrogens with two attached hydrogens (primary N) is 1. The van der Waals surface area contributed by atoms with Crippen molar-refractivity contribution in [2.45, 2.75) is 33.6 Å². The summed E-state index contributed by atoms with van der Waals surface area (Å²) < 4.78 is 13.2. The van der Waals surface area contributed by atoms with Crippen molar-refractivity contribution in [2.24, 2.45) is 11.1 Å². The highest BCUT2D eigenvalue weighted by Crippen LogP contribution is 2.20. The number of aryl methyl sites for hydroxylation is 1. The van der Waals surface area contributed by atoms with Gasteiger partial charge in [0.15, 0.2) is 0 Å². The molecule has 0 saturated carbocycles. The Bertz CT molecular complexity index is 402. The summed E-state index contributed by atoms with van der Waals surface area (Å²) in [7, 11) is 2.13. The van der Waals surface area contributed by atoms with E-state index in [2.05, 4.69) is 25.8 Å². The third-order valence-electron chi connectivity index (χ3n) is 3.52. The van der Waals surface area contributed by atoms with E-state index in [0.29, 0.717) is 0 Å². The standard InChI is InChI=1S/C16H27FN2/c1-13-11-14(5-6-15(13)17)7-10-19(4)12-16(2,3)8-9-18/h5-6,11H,7-10,12,18H2,1-4H3. The first-order chi connectivity index (χ1) is 8.84. The zero-order valence-electron chi connectivity index (χ0n) is 12.7. The zero-order valence-corrected chi connectivity index (χ0v) is 12.7. The van der Waals surface area contributed by atoms with Gasteiger partial charge in [-0.1, -0.05) is 26.0 Å². The van der Waals surface area contributed by atoms with Crippen LogP contribution in [-0.4, -0.2) is 31.6 Å². The molecule has 0 aliphatic heterocycles. The van der Waals surface area contributed by atoms with Gasteiger partial charge in [0.25, 0.3) is 0 Å². The smallest absolute Gasteiger partial charge is 0.126 e. The molecule has 0 radical (unpaired) electrons. The van der Waals surface area contributed by atoms with E-state index < -0.39 is 0 Å². The van der Waals surface area contributed by atoms with Crippen LogP contribution in [0, 0.1) is 18.2 Å². The zero-order chi connectivity index (χ0) is 14.5. The number of halogens is 1. The highest BCUT2D eigenvalue weighted by Gasteiger charge is 2.18. The average molecular weight is 266 g/mol. The maximum Gasteiger partial charge on any atom is 0.126 e. The highest BCUT2D eigenvalue weighted by molar-refractivity contribution is 5.24. The van der Waals surface area contributed by atoms with Crippen molar-refractivity contribution in [3.05, 3.63) is 35.1 Å². The van der Waals surface area contributed by atoms with Crippen molar-refractivity contribution in [3.63, 3.8) is 0 Å². The second kappa shape index (κ2) is 7.01. The number of nitrogens with zero attached hydrogens (tertiary/aromatic N) is 1. The van der Waals surface area contributed by atoms with Crippen LogP contribution in [0.3, 0.4) is 0 Å². The fourth-order valence-electron chi connectivity index (χ4n) is 2.46. The van der Waals surface area contributed by atoms with Gasteiger partial charge in [0, 0.05) is 13.1 Å². The Hall–Kier alpha value is -0.930. The first-order valence-electron chi connectivity index (χ1n) is 6.98. The summed E-state index contributed by atoms with van der Waals surface area (Å²) in [5.41, 5.74) is 7.81. The van der Waals surface area contributed by atoms with Crippen LogP contribution in [0.15, 0.2) is 18.2 Å². The largest absolute Gasteiger partial charge is 0.330 e. The monoisotopic (exact) mass is 266 g/mol. The molecule has 0 saturated heterocycles. The van der Waals surface area contributed by atoms with Crippen molar-refractivity contribution in [1.82, 2.24) is 4.90 Å². The molecule has 108 valence electrons. The molecule has 1 aromatic carbocycles. The van der Waals surface area contributed by atoms with Crippen molar-refractivity contribution < 1.29 is 4.39 Å². The van der Waals surface area contributed by atoms with E-state index in [1.54, 1.807) is 6.07 Å². The maximum absolute atomic E-state index is 13.2. The van der Waals surface area contributed by atoms with Crippen LogP contribution in [0.5, 0.6) is 0 Å². The van der Waals surface area contributed by atoms with Crippen molar-refractivity contribution in [3.8, 4) is 0 Å². The lowest BCUT2D eigenvalue weighted by atomic mass is 9.89. The molecular weight excluding hydrogens is 239 g/mol. The Kier molecular flexibility index (Phi) is 5.95. The van der Waals surface area contributed by atoms with E-state index in [4.69, 9.17) is 5.73 Å². The second-order valence-corrected chi connectivity index (χ2v) is 6.27. The first kappa shape index (κ1) is 16.1. The molecule has 0 unspecified atom stereocenters. The van der Waals surface area contributed by atoms with Crippen LogP contribution < -0.4 is 5.73 Å². The minimum atomic E-state index is -0.124. The van der Waals surface area contributed by atoms with Crippen LogP contribution in [0.1, 0.15) is 31.4 Å². The topological polar surface area (TPSA) is 29.3 Å². The van der Waals surface area contributed by atoms with Crippen molar-refractivity contribution in [1.29, 1.82) is 0 Å². The van der Waals surface area contributed by atoms with Crippen LogP contribution in [0.4, 0.5) is 4.39 Å². The quantitative estimate of drug-likeness (QED) is 0.822. The second-order valence-electron chi connectivity index (χ2n) is 6.27. The Labute approximate surface area is 116 Å². The van der Waals surface area contributed by atoms with Crippen LogP contribution in [-0.2, 0) is 6.42 Å². The summed E-state index contributed by atoms with van der Waals surface area (Å²) >= 11 is 0. The summed E-state index contributed by atoms with van der Waals surface area (Å²) in [6, 6.07) is 5.37. The number of benzene rings is 1. The fourth-order valence-corrected chi connectivity index (χ4v) is 2.46. The van der Waals surface area contributed by atoms with Gasteiger partial charge in [-0.25, -0.2) is 4.39 Å². The predicted molar refractivity (Wildman–Crippen MR) is 79.8 cm³/mol. The third-order valence-corrected chi connectivity index (χ3v) is 3.52. The lowest BCUT2D eigenvalue weighted by molar-refractivity contribution is 0.202. The molecule has 0 bridgehead atoms. The molecule has 0 aliphatic rings. The molecule has 0 atom stereocenters. The van der Waals surface area contributed by atoms with Gasteiger partial charge < -0.3 is 10.6 Å². The Balaban J connectivity index is 2.45. The van der Waals surface area contributed by atoms with Crippen LogP contribution in [0.2, 0.25) is 0 Å². The summed E-state index contributed by atoms with van der Waals surface area (Å²) in [5, 5.41) is 0. The summed E-state index contributed by atoms with van der Waals surface area (Å²) in [4.78, 5) is 2.33.